The number of rotatable bonds is 5. The van der Waals surface area contributed by atoms with Crippen LogP contribution in [0.3, 0.4) is 0 Å². The number of H-pyrrole nitrogens is 1. The van der Waals surface area contributed by atoms with Crippen molar-refractivity contribution in [3.8, 4) is 0 Å². The molecule has 92 valence electrons. The molecule has 0 aliphatic rings. The van der Waals surface area contributed by atoms with Gasteiger partial charge in [0.15, 0.2) is 0 Å². The quantitative estimate of drug-likeness (QED) is 0.693. The Morgan fingerprint density at radius 3 is 2.88 bits per heavy atom. The molecule has 0 saturated carbocycles. The minimum Gasteiger partial charge on any atom is -0.447 e. The van der Waals surface area contributed by atoms with Crippen molar-refractivity contribution >= 4 is 10.0 Å². The second-order valence-electron chi connectivity index (χ2n) is 3.33. The topological polar surface area (TPSA) is 114 Å². The number of aromatic amines is 1. The molecule has 0 bridgehead atoms. The highest BCUT2D eigenvalue weighted by molar-refractivity contribution is 7.89. The van der Waals surface area contributed by atoms with E-state index in [1.54, 1.807) is 0 Å². The summed E-state index contributed by atoms with van der Waals surface area (Å²) in [4.78, 5) is 6.57. The second-order valence-corrected chi connectivity index (χ2v) is 5.02. The molecule has 2 aromatic heterocycles. The van der Waals surface area contributed by atoms with Gasteiger partial charge in [-0.2, -0.15) is 0 Å². The summed E-state index contributed by atoms with van der Waals surface area (Å²) in [5.41, 5.74) is 6.00. The van der Waals surface area contributed by atoms with Crippen molar-refractivity contribution in [3.63, 3.8) is 0 Å². The smallest absolute Gasteiger partial charge is 0.274 e. The number of nitrogens with zero attached hydrogens (tertiary/aromatic N) is 1. The van der Waals surface area contributed by atoms with E-state index in [0.717, 1.165) is 0 Å². The van der Waals surface area contributed by atoms with Gasteiger partial charge in [-0.15, -0.1) is 0 Å². The molecule has 7 nitrogen and oxygen atoms in total. The van der Waals surface area contributed by atoms with Crippen molar-refractivity contribution < 1.29 is 12.8 Å². The second kappa shape index (κ2) is 4.70. The molecule has 0 aromatic carbocycles. The van der Waals surface area contributed by atoms with Gasteiger partial charge in [0.2, 0.25) is 5.09 Å². The Balaban J connectivity index is 2.08. The van der Waals surface area contributed by atoms with Crippen LogP contribution in [0.25, 0.3) is 0 Å². The Hall–Kier alpha value is -1.64. The maximum Gasteiger partial charge on any atom is 0.274 e. The fourth-order valence-corrected chi connectivity index (χ4v) is 2.19. The van der Waals surface area contributed by atoms with Gasteiger partial charge in [-0.05, 0) is 12.1 Å². The Bertz CT molecular complexity index is 573. The van der Waals surface area contributed by atoms with Crippen molar-refractivity contribution in [2.45, 2.75) is 18.2 Å². The minimum absolute atomic E-state index is 0.126. The van der Waals surface area contributed by atoms with Crippen LogP contribution in [0.4, 0.5) is 0 Å². The minimum atomic E-state index is -3.65. The number of imidazole rings is 1. The molecular weight excluding hydrogens is 244 g/mol. The van der Waals surface area contributed by atoms with E-state index in [9.17, 15) is 8.42 Å². The molecule has 2 heterocycles. The lowest BCUT2D eigenvalue weighted by Crippen LogP contribution is -2.22. The lowest BCUT2D eigenvalue weighted by Gasteiger charge is -2.02. The molecule has 8 heteroatoms. The van der Waals surface area contributed by atoms with Gasteiger partial charge in [-0.1, -0.05) is 0 Å². The fraction of sp³-hybridized carbons (Fsp3) is 0.222. The van der Waals surface area contributed by atoms with Crippen molar-refractivity contribution in [1.29, 1.82) is 0 Å². The molecule has 0 aliphatic heterocycles. The van der Waals surface area contributed by atoms with Gasteiger partial charge in [-0.3, -0.25) is 0 Å². The summed E-state index contributed by atoms with van der Waals surface area (Å²) in [5, 5.41) is -0.141. The molecule has 2 aromatic rings. The summed E-state index contributed by atoms with van der Waals surface area (Å²) in [7, 11) is -3.65. The number of hydrogen-bond acceptors (Lipinski definition) is 5. The summed E-state index contributed by atoms with van der Waals surface area (Å²) >= 11 is 0. The third-order valence-corrected chi connectivity index (χ3v) is 3.38. The van der Waals surface area contributed by atoms with Crippen molar-refractivity contribution in [2.24, 2.45) is 5.73 Å². The number of nitrogens with one attached hydrogen (secondary N) is 2. The monoisotopic (exact) mass is 256 g/mol. The molecule has 2 rings (SSSR count). The van der Waals surface area contributed by atoms with Crippen LogP contribution in [-0.2, 0) is 23.1 Å². The predicted molar refractivity (Wildman–Crippen MR) is 59.2 cm³/mol. The maximum atomic E-state index is 11.8. The van der Waals surface area contributed by atoms with Crippen LogP contribution in [0.15, 0.2) is 34.2 Å². The van der Waals surface area contributed by atoms with Crippen LogP contribution in [0.1, 0.15) is 11.5 Å². The van der Waals surface area contributed by atoms with Crippen LogP contribution in [0.2, 0.25) is 0 Å². The first kappa shape index (κ1) is 11.8. The molecule has 0 fully saturated rings. The normalized spacial score (nSPS) is 11.8. The largest absolute Gasteiger partial charge is 0.447 e. The van der Waals surface area contributed by atoms with Crippen molar-refractivity contribution in [1.82, 2.24) is 14.7 Å². The van der Waals surface area contributed by atoms with Crippen LogP contribution >= 0.6 is 0 Å². The number of hydrogen-bond donors (Lipinski definition) is 3. The van der Waals surface area contributed by atoms with Crippen LogP contribution in [0.5, 0.6) is 0 Å². The molecule has 0 saturated heterocycles. The molecule has 0 radical (unpaired) electrons. The Morgan fingerprint density at radius 2 is 2.29 bits per heavy atom. The average molecular weight is 256 g/mol. The summed E-state index contributed by atoms with van der Waals surface area (Å²) in [6, 6.07) is 2.91. The van der Waals surface area contributed by atoms with Gasteiger partial charge in [0, 0.05) is 11.9 Å². The van der Waals surface area contributed by atoms with E-state index in [0.29, 0.717) is 11.5 Å². The molecule has 0 aliphatic carbocycles. The number of furan rings is 1. The van der Waals surface area contributed by atoms with E-state index in [1.807, 2.05) is 0 Å². The van der Waals surface area contributed by atoms with Crippen molar-refractivity contribution in [3.05, 3.63) is 36.1 Å². The van der Waals surface area contributed by atoms with Crippen LogP contribution in [0, 0.1) is 0 Å². The molecule has 0 atom stereocenters. The molecule has 0 unspecified atom stereocenters. The lowest BCUT2D eigenvalue weighted by molar-refractivity contribution is 0.412. The van der Waals surface area contributed by atoms with Gasteiger partial charge < -0.3 is 15.1 Å². The zero-order chi connectivity index (χ0) is 12.3. The predicted octanol–water partition coefficient (Wildman–Crippen LogP) is -0.0601. The SMILES string of the molecule is NCc1ccc(S(=O)(=O)NCc2cnc[nH]2)o1. The van der Waals surface area contributed by atoms with Gasteiger partial charge in [0.25, 0.3) is 10.0 Å². The zero-order valence-electron chi connectivity index (χ0n) is 8.88. The van der Waals surface area contributed by atoms with E-state index in [2.05, 4.69) is 14.7 Å². The number of sulfonamides is 1. The van der Waals surface area contributed by atoms with Gasteiger partial charge >= 0.3 is 0 Å². The highest BCUT2D eigenvalue weighted by Crippen LogP contribution is 2.13. The highest BCUT2D eigenvalue weighted by atomic mass is 32.2. The first-order chi connectivity index (χ1) is 8.12. The molecule has 0 amide bonds. The van der Waals surface area contributed by atoms with Crippen molar-refractivity contribution in [2.75, 3.05) is 0 Å². The number of nitrogens with two attached hydrogens (primary N) is 1. The third-order valence-electron chi connectivity index (χ3n) is 2.11. The first-order valence-electron chi connectivity index (χ1n) is 4.87. The van der Waals surface area contributed by atoms with E-state index < -0.39 is 10.0 Å². The van der Waals surface area contributed by atoms with Crippen LogP contribution in [-0.4, -0.2) is 18.4 Å². The lowest BCUT2D eigenvalue weighted by atomic mass is 10.5. The maximum absolute atomic E-state index is 11.8. The van der Waals surface area contributed by atoms with Gasteiger partial charge in [0.05, 0.1) is 19.4 Å². The Morgan fingerprint density at radius 1 is 1.47 bits per heavy atom. The molecule has 4 N–H and O–H groups in total. The standard InChI is InChI=1S/C9H12N4O3S/c10-3-8-1-2-9(16-8)17(14,15)13-5-7-4-11-6-12-7/h1-2,4,6,13H,3,5,10H2,(H,11,12). The average Bonchev–Trinajstić information content (AvgIpc) is 2.98. The summed E-state index contributed by atoms with van der Waals surface area (Å²) < 4.78 is 31.0. The van der Waals surface area contributed by atoms with Gasteiger partial charge in [-0.25, -0.2) is 18.1 Å². The van der Waals surface area contributed by atoms with E-state index in [1.165, 1.54) is 24.7 Å². The third kappa shape index (κ3) is 2.73. The Kier molecular flexibility index (Phi) is 3.27. The van der Waals surface area contributed by atoms with E-state index >= 15 is 0 Å². The zero-order valence-corrected chi connectivity index (χ0v) is 9.70. The Labute approximate surface area is 98.1 Å². The molecule has 17 heavy (non-hydrogen) atoms. The van der Waals surface area contributed by atoms with Gasteiger partial charge in [0.1, 0.15) is 5.76 Å². The van der Waals surface area contributed by atoms with Crippen LogP contribution < -0.4 is 10.5 Å². The number of aromatic nitrogens is 2. The molecular formula is C9H12N4O3S. The van der Waals surface area contributed by atoms with E-state index in [-0.39, 0.29) is 18.2 Å². The summed E-state index contributed by atoms with van der Waals surface area (Å²) in [6.07, 6.45) is 3.01. The highest BCUT2D eigenvalue weighted by Gasteiger charge is 2.18. The molecule has 0 spiro atoms. The summed E-state index contributed by atoms with van der Waals surface area (Å²) in [5.74, 6) is 0.423. The van der Waals surface area contributed by atoms with E-state index in [4.69, 9.17) is 10.2 Å². The summed E-state index contributed by atoms with van der Waals surface area (Å²) in [6.45, 7) is 0.289. The first-order valence-corrected chi connectivity index (χ1v) is 6.36. The fourth-order valence-electron chi connectivity index (χ4n) is 1.24.